The Kier molecular flexibility index (Phi) is 6.58. The van der Waals surface area contributed by atoms with E-state index in [1.54, 1.807) is 18.5 Å². The summed E-state index contributed by atoms with van der Waals surface area (Å²) in [4.78, 5) is 50.7. The number of hydrogen-bond donors (Lipinski definition) is 2. The normalized spacial score (nSPS) is 14.3. The summed E-state index contributed by atoms with van der Waals surface area (Å²) < 4.78 is 2.88. The third-order valence-electron chi connectivity index (χ3n) is 5.57. The molecule has 1 saturated carbocycles. The van der Waals surface area contributed by atoms with Crippen LogP contribution in [0.15, 0.2) is 33.2 Å². The highest BCUT2D eigenvalue weighted by Gasteiger charge is 2.32. The molecule has 3 heterocycles. The summed E-state index contributed by atoms with van der Waals surface area (Å²) in [5.74, 6) is 0.235. The molecule has 3 N–H and O–H groups in total. The van der Waals surface area contributed by atoms with Crippen LogP contribution < -0.4 is 21.9 Å². The number of thioether (sulfide) groups is 1. The van der Waals surface area contributed by atoms with E-state index in [-0.39, 0.29) is 29.2 Å². The van der Waals surface area contributed by atoms with E-state index in [1.807, 2.05) is 6.92 Å². The Labute approximate surface area is 188 Å². The number of nitrogens with zero attached hydrogens (tertiary/aromatic N) is 6. The SMILES string of the molecule is CCCCn1c(N)c(N(C(=O)CSc2nc3ncccn3n2)C2CCCC2)c(=O)[nH]c1=O. The molecular weight excluding hydrogens is 432 g/mol. The minimum Gasteiger partial charge on any atom is -0.383 e. The maximum atomic E-state index is 13.4. The molecule has 0 spiro atoms. The van der Waals surface area contributed by atoms with Crippen LogP contribution in [-0.4, -0.2) is 46.8 Å². The topological polar surface area (TPSA) is 144 Å². The van der Waals surface area contributed by atoms with E-state index in [1.165, 1.54) is 25.7 Å². The Morgan fingerprint density at radius 1 is 1.34 bits per heavy atom. The quantitative estimate of drug-likeness (QED) is 0.482. The summed E-state index contributed by atoms with van der Waals surface area (Å²) in [6, 6.07) is 1.60. The van der Waals surface area contributed by atoms with Crippen molar-refractivity contribution in [3.8, 4) is 0 Å². The molecule has 0 unspecified atom stereocenters. The largest absolute Gasteiger partial charge is 0.383 e. The van der Waals surface area contributed by atoms with Crippen LogP contribution in [-0.2, 0) is 11.3 Å². The van der Waals surface area contributed by atoms with Crippen LogP contribution >= 0.6 is 11.8 Å². The molecule has 0 atom stereocenters. The lowest BCUT2D eigenvalue weighted by atomic mass is 10.2. The number of carbonyl (C=O) groups is 1. The number of carbonyl (C=O) groups excluding carboxylic acids is 1. The Morgan fingerprint density at radius 3 is 2.84 bits per heavy atom. The molecule has 3 aromatic heterocycles. The zero-order valence-corrected chi connectivity index (χ0v) is 18.7. The van der Waals surface area contributed by atoms with Crippen molar-refractivity contribution in [1.82, 2.24) is 29.1 Å². The summed E-state index contributed by atoms with van der Waals surface area (Å²) in [5, 5.41) is 4.72. The number of aromatic amines is 1. The minimum atomic E-state index is -0.638. The van der Waals surface area contributed by atoms with Gasteiger partial charge in [0.15, 0.2) is 5.69 Å². The van der Waals surface area contributed by atoms with Crippen molar-refractivity contribution < 1.29 is 4.79 Å². The zero-order valence-electron chi connectivity index (χ0n) is 17.9. The fourth-order valence-corrected chi connectivity index (χ4v) is 4.68. The van der Waals surface area contributed by atoms with Crippen molar-refractivity contribution in [2.75, 3.05) is 16.4 Å². The molecule has 12 heteroatoms. The number of amides is 1. The lowest BCUT2D eigenvalue weighted by Gasteiger charge is -2.29. The van der Waals surface area contributed by atoms with Gasteiger partial charge in [0.2, 0.25) is 11.1 Å². The summed E-state index contributed by atoms with van der Waals surface area (Å²) >= 11 is 1.17. The lowest BCUT2D eigenvalue weighted by molar-refractivity contribution is -0.116. The first kappa shape index (κ1) is 22.1. The standard InChI is InChI=1S/C20H26N8O3S/c1-2-3-10-26-16(21)15(17(30)23-20(26)31)28(13-7-4-5-8-13)14(29)12-32-19-24-18-22-9-6-11-27(18)25-19/h6,9,11,13H,2-5,7-8,10,12,21H2,1H3,(H,23,30,31). The van der Waals surface area contributed by atoms with Crippen LogP contribution in [0, 0.1) is 0 Å². The number of nitrogen functional groups attached to an aromatic ring is 1. The van der Waals surface area contributed by atoms with Gasteiger partial charge in [-0.2, -0.15) is 4.98 Å². The van der Waals surface area contributed by atoms with Gasteiger partial charge in [-0.1, -0.05) is 37.9 Å². The molecule has 170 valence electrons. The average Bonchev–Trinajstić information content (AvgIpc) is 3.44. The highest BCUT2D eigenvalue weighted by molar-refractivity contribution is 7.99. The highest BCUT2D eigenvalue weighted by atomic mass is 32.2. The highest BCUT2D eigenvalue weighted by Crippen LogP contribution is 2.30. The number of nitrogens with two attached hydrogens (primary N) is 1. The number of nitrogens with one attached hydrogen (secondary N) is 1. The number of fused-ring (bicyclic) bond motifs is 1. The second-order valence-corrected chi connectivity index (χ2v) is 8.69. The van der Waals surface area contributed by atoms with E-state index in [0.717, 1.165) is 38.5 Å². The molecule has 1 fully saturated rings. The van der Waals surface area contributed by atoms with E-state index in [0.29, 0.717) is 17.5 Å². The number of aromatic nitrogens is 6. The number of unbranched alkanes of at least 4 members (excludes halogenated alkanes) is 1. The van der Waals surface area contributed by atoms with Gasteiger partial charge in [-0.05, 0) is 25.3 Å². The van der Waals surface area contributed by atoms with Gasteiger partial charge in [0.1, 0.15) is 5.82 Å². The van der Waals surface area contributed by atoms with Gasteiger partial charge in [-0.3, -0.25) is 19.1 Å². The Morgan fingerprint density at radius 2 is 2.12 bits per heavy atom. The molecule has 32 heavy (non-hydrogen) atoms. The smallest absolute Gasteiger partial charge is 0.330 e. The molecule has 3 aromatic rings. The van der Waals surface area contributed by atoms with Crippen molar-refractivity contribution in [2.45, 2.75) is 63.2 Å². The maximum absolute atomic E-state index is 13.4. The summed E-state index contributed by atoms with van der Waals surface area (Å²) in [6.07, 6.45) is 8.43. The fourth-order valence-electron chi connectivity index (χ4n) is 3.99. The van der Waals surface area contributed by atoms with Crippen molar-refractivity contribution >= 4 is 35.0 Å². The second kappa shape index (κ2) is 9.55. The van der Waals surface area contributed by atoms with Gasteiger partial charge >= 0.3 is 5.69 Å². The van der Waals surface area contributed by atoms with Crippen molar-refractivity contribution in [2.24, 2.45) is 0 Å². The molecule has 1 aliphatic rings. The molecule has 0 bridgehead atoms. The van der Waals surface area contributed by atoms with E-state index < -0.39 is 11.2 Å². The first-order valence-electron chi connectivity index (χ1n) is 10.7. The average molecular weight is 459 g/mol. The van der Waals surface area contributed by atoms with Crippen LogP contribution in [0.1, 0.15) is 45.4 Å². The molecule has 1 aliphatic carbocycles. The van der Waals surface area contributed by atoms with Gasteiger partial charge in [0.05, 0.1) is 5.75 Å². The Hall–Kier alpha value is -3.15. The molecule has 0 saturated heterocycles. The molecular formula is C20H26N8O3S. The van der Waals surface area contributed by atoms with Gasteiger partial charge in [0, 0.05) is 25.0 Å². The number of anilines is 2. The molecule has 0 aromatic carbocycles. The molecule has 0 radical (unpaired) electrons. The summed E-state index contributed by atoms with van der Waals surface area (Å²) in [6.45, 7) is 2.38. The van der Waals surface area contributed by atoms with Crippen LogP contribution in [0.25, 0.3) is 5.78 Å². The van der Waals surface area contributed by atoms with Gasteiger partial charge in [0.25, 0.3) is 11.3 Å². The van der Waals surface area contributed by atoms with Gasteiger partial charge in [-0.25, -0.2) is 14.3 Å². The summed E-state index contributed by atoms with van der Waals surface area (Å²) in [7, 11) is 0. The van der Waals surface area contributed by atoms with Crippen LogP contribution in [0.5, 0.6) is 0 Å². The van der Waals surface area contributed by atoms with Gasteiger partial charge < -0.3 is 10.6 Å². The predicted molar refractivity (Wildman–Crippen MR) is 122 cm³/mol. The zero-order chi connectivity index (χ0) is 22.7. The van der Waals surface area contributed by atoms with Crippen LogP contribution in [0.3, 0.4) is 0 Å². The number of hydrogen-bond acceptors (Lipinski definition) is 8. The van der Waals surface area contributed by atoms with Crippen LogP contribution in [0.4, 0.5) is 11.5 Å². The van der Waals surface area contributed by atoms with E-state index in [9.17, 15) is 14.4 Å². The molecule has 1 amide bonds. The number of rotatable bonds is 8. The summed E-state index contributed by atoms with van der Waals surface area (Å²) in [5.41, 5.74) is 5.16. The fraction of sp³-hybridized carbons (Fsp3) is 0.500. The van der Waals surface area contributed by atoms with Crippen molar-refractivity contribution in [1.29, 1.82) is 0 Å². The number of H-pyrrole nitrogens is 1. The van der Waals surface area contributed by atoms with E-state index >= 15 is 0 Å². The predicted octanol–water partition coefficient (Wildman–Crippen LogP) is 1.42. The first-order valence-corrected chi connectivity index (χ1v) is 11.7. The molecule has 11 nitrogen and oxygen atoms in total. The second-order valence-electron chi connectivity index (χ2n) is 7.75. The van der Waals surface area contributed by atoms with Crippen LogP contribution in [0.2, 0.25) is 0 Å². The van der Waals surface area contributed by atoms with Gasteiger partial charge in [-0.15, -0.1) is 5.10 Å². The third-order valence-corrected chi connectivity index (χ3v) is 6.39. The van der Waals surface area contributed by atoms with Crippen molar-refractivity contribution in [3.63, 3.8) is 0 Å². The minimum absolute atomic E-state index is 0.0281. The lowest BCUT2D eigenvalue weighted by Crippen LogP contribution is -2.46. The monoisotopic (exact) mass is 458 g/mol. The van der Waals surface area contributed by atoms with E-state index in [2.05, 4.69) is 20.1 Å². The molecule has 4 rings (SSSR count). The van der Waals surface area contributed by atoms with Crippen molar-refractivity contribution in [3.05, 3.63) is 39.3 Å². The maximum Gasteiger partial charge on any atom is 0.330 e. The van der Waals surface area contributed by atoms with E-state index in [4.69, 9.17) is 5.73 Å². The first-order chi connectivity index (χ1) is 15.5. The molecule has 0 aliphatic heterocycles. The Balaban J connectivity index is 1.64. The third kappa shape index (κ3) is 4.40. The Bertz CT molecular complexity index is 1190.